The number of hydrogen-bond acceptors (Lipinski definition) is 4. The van der Waals surface area contributed by atoms with Crippen LogP contribution in [0.3, 0.4) is 0 Å². The molecular weight excluding hydrogens is 404 g/mol. The molecule has 1 aliphatic rings. The second kappa shape index (κ2) is 7.76. The molecule has 2 aromatic rings. The Balaban J connectivity index is 1.77. The highest BCUT2D eigenvalue weighted by atomic mass is 79.9. The fourth-order valence-electron chi connectivity index (χ4n) is 3.13. The summed E-state index contributed by atoms with van der Waals surface area (Å²) < 4.78 is 34.3. The SMILES string of the molecule is COc1ccccc1N1CCCC(NS(=O)(=O)c2ccccc2Br)C1. The first kappa shape index (κ1) is 18.2. The molecule has 0 bridgehead atoms. The number of para-hydroxylation sites is 2. The van der Waals surface area contributed by atoms with Crippen LogP contribution in [-0.2, 0) is 10.0 Å². The Kier molecular flexibility index (Phi) is 5.66. The van der Waals surface area contributed by atoms with Crippen LogP contribution < -0.4 is 14.4 Å². The van der Waals surface area contributed by atoms with E-state index in [0.717, 1.165) is 30.8 Å². The summed E-state index contributed by atoms with van der Waals surface area (Å²) in [5.41, 5.74) is 0.995. The first-order valence-electron chi connectivity index (χ1n) is 8.16. The van der Waals surface area contributed by atoms with Crippen LogP contribution in [0.5, 0.6) is 5.75 Å². The molecule has 25 heavy (non-hydrogen) atoms. The van der Waals surface area contributed by atoms with Gasteiger partial charge in [-0.3, -0.25) is 0 Å². The third-order valence-electron chi connectivity index (χ3n) is 4.30. The van der Waals surface area contributed by atoms with Crippen LogP contribution in [0.25, 0.3) is 0 Å². The maximum atomic E-state index is 12.7. The minimum Gasteiger partial charge on any atom is -0.495 e. The van der Waals surface area contributed by atoms with E-state index < -0.39 is 10.0 Å². The monoisotopic (exact) mass is 424 g/mol. The molecule has 2 aromatic carbocycles. The first-order chi connectivity index (χ1) is 12.0. The Labute approximate surface area is 157 Å². The quantitative estimate of drug-likeness (QED) is 0.798. The number of rotatable bonds is 5. The zero-order chi connectivity index (χ0) is 17.9. The van der Waals surface area contributed by atoms with E-state index in [1.54, 1.807) is 31.4 Å². The van der Waals surface area contributed by atoms with Crippen molar-refractivity contribution < 1.29 is 13.2 Å². The molecule has 0 radical (unpaired) electrons. The molecule has 3 rings (SSSR count). The molecule has 1 fully saturated rings. The van der Waals surface area contributed by atoms with Crippen LogP contribution in [0.4, 0.5) is 5.69 Å². The van der Waals surface area contributed by atoms with E-state index in [-0.39, 0.29) is 10.9 Å². The third-order valence-corrected chi connectivity index (χ3v) is 6.83. The smallest absolute Gasteiger partial charge is 0.242 e. The Morgan fingerprint density at radius 1 is 1.16 bits per heavy atom. The molecule has 0 spiro atoms. The fourth-order valence-corrected chi connectivity index (χ4v) is 5.39. The summed E-state index contributed by atoms with van der Waals surface area (Å²) in [5.74, 6) is 0.803. The van der Waals surface area contributed by atoms with Crippen molar-refractivity contribution in [3.05, 3.63) is 53.0 Å². The van der Waals surface area contributed by atoms with Crippen molar-refractivity contribution in [2.45, 2.75) is 23.8 Å². The molecule has 0 saturated carbocycles. The normalized spacial score (nSPS) is 18.2. The van der Waals surface area contributed by atoms with Crippen molar-refractivity contribution >= 4 is 31.6 Å². The molecule has 1 unspecified atom stereocenters. The van der Waals surface area contributed by atoms with Crippen molar-refractivity contribution in [3.63, 3.8) is 0 Å². The molecule has 0 aliphatic carbocycles. The average molecular weight is 425 g/mol. The van der Waals surface area contributed by atoms with Gasteiger partial charge in [0.25, 0.3) is 0 Å². The molecule has 0 aromatic heterocycles. The average Bonchev–Trinajstić information content (AvgIpc) is 2.61. The Morgan fingerprint density at radius 3 is 2.64 bits per heavy atom. The van der Waals surface area contributed by atoms with Gasteiger partial charge in [0.05, 0.1) is 17.7 Å². The number of hydrogen-bond donors (Lipinski definition) is 1. The number of piperidine rings is 1. The topological polar surface area (TPSA) is 58.6 Å². The van der Waals surface area contributed by atoms with Gasteiger partial charge in [0.1, 0.15) is 5.75 Å². The van der Waals surface area contributed by atoms with Gasteiger partial charge in [-0.25, -0.2) is 13.1 Å². The molecule has 1 heterocycles. The Bertz CT molecular complexity index is 842. The maximum Gasteiger partial charge on any atom is 0.242 e. The van der Waals surface area contributed by atoms with Gasteiger partial charge in [-0.05, 0) is 53.0 Å². The van der Waals surface area contributed by atoms with Gasteiger partial charge in [0, 0.05) is 23.6 Å². The highest BCUT2D eigenvalue weighted by Gasteiger charge is 2.27. The lowest BCUT2D eigenvalue weighted by Crippen LogP contribution is -2.47. The van der Waals surface area contributed by atoms with Gasteiger partial charge < -0.3 is 9.64 Å². The number of benzene rings is 2. The Morgan fingerprint density at radius 2 is 1.88 bits per heavy atom. The van der Waals surface area contributed by atoms with Crippen LogP contribution >= 0.6 is 15.9 Å². The molecule has 7 heteroatoms. The lowest BCUT2D eigenvalue weighted by atomic mass is 10.1. The van der Waals surface area contributed by atoms with E-state index in [0.29, 0.717) is 11.0 Å². The molecule has 5 nitrogen and oxygen atoms in total. The largest absolute Gasteiger partial charge is 0.495 e. The minimum atomic E-state index is -3.57. The van der Waals surface area contributed by atoms with E-state index in [1.807, 2.05) is 24.3 Å². The van der Waals surface area contributed by atoms with Crippen molar-refractivity contribution in [2.24, 2.45) is 0 Å². The number of sulfonamides is 1. The maximum absolute atomic E-state index is 12.7. The number of nitrogens with zero attached hydrogens (tertiary/aromatic N) is 1. The highest BCUT2D eigenvalue weighted by molar-refractivity contribution is 9.10. The molecule has 1 N–H and O–H groups in total. The standard InChI is InChI=1S/C18H21BrN2O3S/c1-24-17-10-4-3-9-16(17)21-12-6-7-14(13-21)20-25(22,23)18-11-5-2-8-15(18)19/h2-5,8-11,14,20H,6-7,12-13H2,1H3. The predicted molar refractivity (Wildman–Crippen MR) is 103 cm³/mol. The zero-order valence-electron chi connectivity index (χ0n) is 14.0. The van der Waals surface area contributed by atoms with Crippen LogP contribution in [0.15, 0.2) is 57.9 Å². The number of ether oxygens (including phenoxy) is 1. The summed E-state index contributed by atoms with van der Waals surface area (Å²) in [6, 6.07) is 14.5. The van der Waals surface area contributed by atoms with Gasteiger partial charge >= 0.3 is 0 Å². The van der Waals surface area contributed by atoms with Gasteiger partial charge in [0.2, 0.25) is 10.0 Å². The van der Waals surface area contributed by atoms with Crippen molar-refractivity contribution in [1.29, 1.82) is 0 Å². The molecule has 1 saturated heterocycles. The second-order valence-electron chi connectivity index (χ2n) is 6.01. The van der Waals surface area contributed by atoms with E-state index in [2.05, 4.69) is 25.6 Å². The second-order valence-corrected chi connectivity index (χ2v) is 8.55. The van der Waals surface area contributed by atoms with E-state index >= 15 is 0 Å². The predicted octanol–water partition coefficient (Wildman–Crippen LogP) is 3.41. The lowest BCUT2D eigenvalue weighted by molar-refractivity contribution is 0.409. The lowest BCUT2D eigenvalue weighted by Gasteiger charge is -2.35. The van der Waals surface area contributed by atoms with E-state index in [9.17, 15) is 8.42 Å². The first-order valence-corrected chi connectivity index (χ1v) is 10.4. The third kappa shape index (κ3) is 4.16. The Hall–Kier alpha value is -1.57. The van der Waals surface area contributed by atoms with Crippen molar-refractivity contribution in [1.82, 2.24) is 4.72 Å². The molecule has 134 valence electrons. The van der Waals surface area contributed by atoms with Gasteiger partial charge in [-0.2, -0.15) is 0 Å². The van der Waals surface area contributed by atoms with Crippen molar-refractivity contribution in [3.8, 4) is 5.75 Å². The highest BCUT2D eigenvalue weighted by Crippen LogP contribution is 2.30. The van der Waals surface area contributed by atoms with Gasteiger partial charge in [-0.1, -0.05) is 24.3 Å². The van der Waals surface area contributed by atoms with Gasteiger partial charge in [-0.15, -0.1) is 0 Å². The number of anilines is 1. The van der Waals surface area contributed by atoms with E-state index in [1.165, 1.54) is 0 Å². The van der Waals surface area contributed by atoms with Crippen LogP contribution in [0, 0.1) is 0 Å². The molecular formula is C18H21BrN2O3S. The summed E-state index contributed by atoms with van der Waals surface area (Å²) in [6.07, 6.45) is 1.73. The van der Waals surface area contributed by atoms with Crippen molar-refractivity contribution in [2.75, 3.05) is 25.1 Å². The summed E-state index contributed by atoms with van der Waals surface area (Å²) in [4.78, 5) is 2.44. The molecule has 0 amide bonds. The van der Waals surface area contributed by atoms with Crippen LogP contribution in [-0.4, -0.2) is 34.7 Å². The zero-order valence-corrected chi connectivity index (χ0v) is 16.4. The van der Waals surface area contributed by atoms with Crippen LogP contribution in [0.2, 0.25) is 0 Å². The minimum absolute atomic E-state index is 0.143. The molecule has 1 aliphatic heterocycles. The number of halogens is 1. The molecule has 1 atom stereocenters. The summed E-state index contributed by atoms with van der Waals surface area (Å²) in [5, 5.41) is 0. The summed E-state index contributed by atoms with van der Waals surface area (Å²) >= 11 is 3.32. The van der Waals surface area contributed by atoms with Gasteiger partial charge in [0.15, 0.2) is 0 Å². The van der Waals surface area contributed by atoms with E-state index in [4.69, 9.17) is 4.74 Å². The fraction of sp³-hybridized carbons (Fsp3) is 0.333. The number of nitrogens with one attached hydrogen (secondary N) is 1. The number of methoxy groups -OCH3 is 1. The summed E-state index contributed by atoms with van der Waals surface area (Å²) in [6.45, 7) is 1.50. The summed E-state index contributed by atoms with van der Waals surface area (Å²) in [7, 11) is -1.92. The van der Waals surface area contributed by atoms with Crippen LogP contribution in [0.1, 0.15) is 12.8 Å².